The molecule has 0 radical (unpaired) electrons. The van der Waals surface area contributed by atoms with E-state index in [0.29, 0.717) is 17.4 Å². The highest BCUT2D eigenvalue weighted by Gasteiger charge is 2.20. The van der Waals surface area contributed by atoms with Gasteiger partial charge in [-0.15, -0.1) is 11.3 Å². The summed E-state index contributed by atoms with van der Waals surface area (Å²) >= 11 is 5.60. The first-order valence-electron chi connectivity index (χ1n) is 5.19. The van der Waals surface area contributed by atoms with Crippen LogP contribution in [0.15, 0.2) is 0 Å². The van der Waals surface area contributed by atoms with E-state index in [1.165, 1.54) is 11.3 Å². The summed E-state index contributed by atoms with van der Waals surface area (Å²) in [6.45, 7) is 3.76. The summed E-state index contributed by atoms with van der Waals surface area (Å²) in [6.07, 6.45) is 0. The number of ether oxygens (including phenoxy) is 1. The Labute approximate surface area is 112 Å². The van der Waals surface area contributed by atoms with Crippen LogP contribution in [0, 0.1) is 0 Å². The second-order valence-corrected chi connectivity index (χ2v) is 7.97. The van der Waals surface area contributed by atoms with Crippen molar-refractivity contribution in [2.45, 2.75) is 37.2 Å². The van der Waals surface area contributed by atoms with E-state index in [9.17, 15) is 8.42 Å². The normalized spacial score (nSPS) is 12.3. The molecule has 0 atom stereocenters. The Kier molecular flexibility index (Phi) is 5.43. The topological polar surface area (TPSA) is 56.3 Å². The lowest BCUT2D eigenvalue weighted by Crippen LogP contribution is -2.15. The maximum absolute atomic E-state index is 11.8. The summed E-state index contributed by atoms with van der Waals surface area (Å²) in [6, 6.07) is 0. The summed E-state index contributed by atoms with van der Waals surface area (Å²) in [7, 11) is -1.51. The summed E-state index contributed by atoms with van der Waals surface area (Å²) in [5.74, 6) is 0.553. The molecule has 0 saturated carbocycles. The molecular formula is C10H17NO3S3. The number of aromatic nitrogens is 1. The molecule has 1 heterocycles. The van der Waals surface area contributed by atoms with Gasteiger partial charge in [0, 0.05) is 17.7 Å². The zero-order chi connectivity index (χ0) is 13.1. The fourth-order valence-electron chi connectivity index (χ4n) is 1.21. The highest BCUT2D eigenvalue weighted by atomic mass is 32.2. The van der Waals surface area contributed by atoms with Crippen molar-refractivity contribution < 1.29 is 13.2 Å². The summed E-state index contributed by atoms with van der Waals surface area (Å²) in [5, 5.41) is 0.242. The predicted octanol–water partition coefficient (Wildman–Crippen LogP) is 2.04. The molecule has 17 heavy (non-hydrogen) atoms. The molecule has 0 spiro atoms. The Balaban J connectivity index is 2.93. The van der Waals surface area contributed by atoms with Gasteiger partial charge in [-0.1, -0.05) is 0 Å². The first kappa shape index (κ1) is 14.9. The van der Waals surface area contributed by atoms with Gasteiger partial charge in [0.05, 0.1) is 17.6 Å². The zero-order valence-electron chi connectivity index (χ0n) is 10.1. The van der Waals surface area contributed by atoms with Gasteiger partial charge in [-0.25, -0.2) is 13.4 Å². The van der Waals surface area contributed by atoms with Gasteiger partial charge in [0.2, 0.25) is 0 Å². The van der Waals surface area contributed by atoms with E-state index < -0.39 is 9.84 Å². The molecule has 0 saturated heterocycles. The maximum atomic E-state index is 11.8. The van der Waals surface area contributed by atoms with Gasteiger partial charge in [0.1, 0.15) is 10.8 Å². The van der Waals surface area contributed by atoms with Gasteiger partial charge in [0.25, 0.3) is 0 Å². The predicted molar refractivity (Wildman–Crippen MR) is 73.3 cm³/mol. The number of hydrogen-bond donors (Lipinski definition) is 1. The van der Waals surface area contributed by atoms with Gasteiger partial charge in [-0.05, 0) is 13.8 Å². The highest BCUT2D eigenvalue weighted by Crippen LogP contribution is 2.23. The molecule has 4 nitrogen and oxygen atoms in total. The van der Waals surface area contributed by atoms with Gasteiger partial charge in [0.15, 0.2) is 9.84 Å². The van der Waals surface area contributed by atoms with Crippen molar-refractivity contribution in [1.29, 1.82) is 0 Å². The van der Waals surface area contributed by atoms with Crippen LogP contribution in [0.5, 0.6) is 0 Å². The Bertz CT molecular complexity index is 465. The van der Waals surface area contributed by atoms with Crippen molar-refractivity contribution in [3.63, 3.8) is 0 Å². The molecule has 0 amide bonds. The Morgan fingerprint density at radius 3 is 2.59 bits per heavy atom. The van der Waals surface area contributed by atoms with Crippen molar-refractivity contribution >= 4 is 33.8 Å². The number of sulfone groups is 1. The van der Waals surface area contributed by atoms with Crippen molar-refractivity contribution in [1.82, 2.24) is 4.98 Å². The van der Waals surface area contributed by atoms with E-state index >= 15 is 0 Å². The molecule has 1 aromatic rings. The van der Waals surface area contributed by atoms with E-state index in [-0.39, 0.29) is 11.0 Å². The molecule has 0 aliphatic heterocycles. The summed E-state index contributed by atoms with van der Waals surface area (Å²) in [4.78, 5) is 5.28. The van der Waals surface area contributed by atoms with Gasteiger partial charge in [-0.2, -0.15) is 12.6 Å². The van der Waals surface area contributed by atoms with Crippen molar-refractivity contribution in [2.75, 3.05) is 7.11 Å². The van der Waals surface area contributed by atoms with Gasteiger partial charge < -0.3 is 4.74 Å². The molecule has 0 unspecified atom stereocenters. The lowest BCUT2D eigenvalue weighted by atomic mass is 10.4. The third kappa shape index (κ3) is 3.94. The number of rotatable bonds is 6. The lowest BCUT2D eigenvalue weighted by Gasteiger charge is -2.04. The molecule has 0 bridgehead atoms. The van der Waals surface area contributed by atoms with Crippen LogP contribution in [0.25, 0.3) is 0 Å². The Hall–Kier alpha value is -0.110. The fourth-order valence-corrected chi connectivity index (χ4v) is 3.78. The van der Waals surface area contributed by atoms with E-state index in [0.717, 1.165) is 10.6 Å². The molecule has 1 aromatic heterocycles. The molecule has 7 heteroatoms. The number of hydrogen-bond acceptors (Lipinski definition) is 6. The maximum Gasteiger partial charge on any atom is 0.159 e. The molecule has 0 fully saturated rings. The fraction of sp³-hybridized carbons (Fsp3) is 0.700. The average Bonchev–Trinajstić information content (AvgIpc) is 2.60. The third-order valence-corrected chi connectivity index (χ3v) is 6.21. The van der Waals surface area contributed by atoms with Crippen LogP contribution in [0.4, 0.5) is 0 Å². The number of methoxy groups -OCH3 is 1. The first-order chi connectivity index (χ1) is 7.90. The molecule has 0 aliphatic rings. The van der Waals surface area contributed by atoms with Crippen LogP contribution >= 0.6 is 24.0 Å². The molecule has 0 aliphatic carbocycles. The molecule has 0 N–H and O–H groups in total. The van der Waals surface area contributed by atoms with Crippen LogP contribution < -0.4 is 0 Å². The first-order valence-corrected chi connectivity index (χ1v) is 8.36. The monoisotopic (exact) mass is 295 g/mol. The van der Waals surface area contributed by atoms with E-state index in [1.54, 1.807) is 21.0 Å². The summed E-state index contributed by atoms with van der Waals surface area (Å²) < 4.78 is 28.6. The van der Waals surface area contributed by atoms with Crippen molar-refractivity contribution in [2.24, 2.45) is 0 Å². The minimum absolute atomic E-state index is 0.000173. The average molecular weight is 295 g/mol. The largest absolute Gasteiger partial charge is 0.378 e. The van der Waals surface area contributed by atoms with Crippen LogP contribution in [0.3, 0.4) is 0 Å². The Morgan fingerprint density at radius 1 is 1.47 bits per heavy atom. The van der Waals surface area contributed by atoms with Gasteiger partial charge in [-0.3, -0.25) is 0 Å². The van der Waals surface area contributed by atoms with Crippen LogP contribution in [0.1, 0.15) is 29.4 Å². The smallest absolute Gasteiger partial charge is 0.159 e. The van der Waals surface area contributed by atoms with Crippen molar-refractivity contribution in [3.05, 3.63) is 15.6 Å². The molecular weight excluding hydrogens is 278 g/mol. The SMILES string of the molecule is COCc1nc(CS(=O)(=O)C(C)C)sc1CS. The van der Waals surface area contributed by atoms with Crippen LogP contribution in [0.2, 0.25) is 0 Å². The van der Waals surface area contributed by atoms with E-state index in [2.05, 4.69) is 17.6 Å². The quantitative estimate of drug-likeness (QED) is 0.816. The summed E-state index contributed by atoms with van der Waals surface area (Å²) in [5.41, 5.74) is 0.793. The minimum Gasteiger partial charge on any atom is -0.378 e. The van der Waals surface area contributed by atoms with Crippen LogP contribution in [-0.2, 0) is 32.7 Å². The molecule has 0 aromatic carbocycles. The standard InChI is InChI=1S/C10H17NO3S3/c1-7(2)17(12,13)6-10-11-8(4-14-3)9(5-15)16-10/h7,15H,4-6H2,1-3H3. The van der Waals surface area contributed by atoms with Crippen LogP contribution in [-0.4, -0.2) is 25.8 Å². The highest BCUT2D eigenvalue weighted by molar-refractivity contribution is 7.91. The number of thiazole rings is 1. The Morgan fingerprint density at radius 2 is 2.12 bits per heavy atom. The minimum atomic E-state index is -3.10. The molecule has 98 valence electrons. The van der Waals surface area contributed by atoms with E-state index in [1.807, 2.05) is 0 Å². The number of nitrogens with zero attached hydrogens (tertiary/aromatic N) is 1. The van der Waals surface area contributed by atoms with Gasteiger partial charge >= 0.3 is 0 Å². The third-order valence-electron chi connectivity index (χ3n) is 2.29. The number of thiol groups is 1. The second-order valence-electron chi connectivity index (χ2n) is 3.92. The second kappa shape index (κ2) is 6.17. The van der Waals surface area contributed by atoms with Crippen molar-refractivity contribution in [3.8, 4) is 0 Å². The molecule has 1 rings (SSSR count). The van der Waals surface area contributed by atoms with E-state index in [4.69, 9.17) is 4.74 Å². The zero-order valence-corrected chi connectivity index (χ0v) is 12.7. The lowest BCUT2D eigenvalue weighted by molar-refractivity contribution is 0.181.